The predicted octanol–water partition coefficient (Wildman–Crippen LogP) is 1.94. The topological polar surface area (TPSA) is 49.4 Å². The number of nitrogens with two attached hydrogens (primary N) is 1. The summed E-state index contributed by atoms with van der Waals surface area (Å²) in [5.74, 6) is 1.71. The molecule has 1 saturated carbocycles. The molecule has 1 aromatic carbocycles. The van der Waals surface area contributed by atoms with Crippen LogP contribution >= 0.6 is 0 Å². The van der Waals surface area contributed by atoms with Crippen LogP contribution in [0.1, 0.15) is 18.4 Å². The molecule has 0 spiro atoms. The third-order valence-electron chi connectivity index (χ3n) is 4.47. The van der Waals surface area contributed by atoms with E-state index in [0.717, 1.165) is 18.0 Å². The number of ether oxygens (including phenoxy) is 2. The van der Waals surface area contributed by atoms with Crippen LogP contribution in [-0.2, 0) is 12.5 Å². The van der Waals surface area contributed by atoms with E-state index >= 15 is 0 Å². The summed E-state index contributed by atoms with van der Waals surface area (Å²) in [5, 5.41) is 1.26. The van der Waals surface area contributed by atoms with Crippen LogP contribution in [0.4, 0.5) is 0 Å². The summed E-state index contributed by atoms with van der Waals surface area (Å²) in [4.78, 5) is 0. The van der Waals surface area contributed by atoms with E-state index < -0.39 is 0 Å². The second-order valence-corrected chi connectivity index (χ2v) is 5.65. The quantitative estimate of drug-likeness (QED) is 0.895. The number of nitrogens with zero attached hydrogens (tertiary/aromatic N) is 1. The van der Waals surface area contributed by atoms with Gasteiger partial charge in [0.1, 0.15) is 13.2 Å². The number of fused-ring (bicyclic) bond motifs is 2. The van der Waals surface area contributed by atoms with E-state index in [-0.39, 0.29) is 5.41 Å². The van der Waals surface area contributed by atoms with Gasteiger partial charge in [-0.3, -0.25) is 0 Å². The molecule has 1 aromatic heterocycles. The highest BCUT2D eigenvalue weighted by molar-refractivity contribution is 5.89. The van der Waals surface area contributed by atoms with Gasteiger partial charge in [-0.05, 0) is 24.5 Å². The van der Waals surface area contributed by atoms with Gasteiger partial charge in [0.15, 0.2) is 11.5 Å². The van der Waals surface area contributed by atoms with Crippen LogP contribution in [0.3, 0.4) is 0 Å². The van der Waals surface area contributed by atoms with Gasteiger partial charge in [-0.1, -0.05) is 0 Å². The molecular weight excluding hydrogens is 240 g/mol. The molecule has 2 N–H and O–H groups in total. The fourth-order valence-electron chi connectivity index (χ4n) is 3.08. The second kappa shape index (κ2) is 3.67. The normalized spacial score (nSPS) is 19.7. The molecule has 2 aliphatic rings. The smallest absolute Gasteiger partial charge is 0.163 e. The zero-order valence-corrected chi connectivity index (χ0v) is 11.1. The Morgan fingerprint density at radius 1 is 1.21 bits per heavy atom. The summed E-state index contributed by atoms with van der Waals surface area (Å²) in [5.41, 5.74) is 8.73. The lowest BCUT2D eigenvalue weighted by molar-refractivity contribution is 0.172. The van der Waals surface area contributed by atoms with E-state index in [1.807, 2.05) is 0 Å². The number of rotatable bonds is 2. The van der Waals surface area contributed by atoms with Gasteiger partial charge in [0, 0.05) is 36.7 Å². The molecule has 0 atom stereocenters. The summed E-state index contributed by atoms with van der Waals surface area (Å²) >= 11 is 0. The van der Waals surface area contributed by atoms with Gasteiger partial charge in [-0.2, -0.15) is 0 Å². The van der Waals surface area contributed by atoms with Crippen molar-refractivity contribution in [1.82, 2.24) is 4.57 Å². The second-order valence-electron chi connectivity index (χ2n) is 5.65. The zero-order chi connectivity index (χ0) is 13.0. The molecule has 0 unspecified atom stereocenters. The Labute approximate surface area is 112 Å². The third kappa shape index (κ3) is 1.49. The molecule has 100 valence electrons. The molecule has 4 nitrogen and oxygen atoms in total. The highest BCUT2D eigenvalue weighted by atomic mass is 16.6. The number of hydrogen-bond acceptors (Lipinski definition) is 3. The van der Waals surface area contributed by atoms with Crippen molar-refractivity contribution < 1.29 is 9.47 Å². The van der Waals surface area contributed by atoms with Crippen molar-refractivity contribution in [1.29, 1.82) is 0 Å². The maximum atomic E-state index is 5.97. The minimum atomic E-state index is 0.198. The maximum absolute atomic E-state index is 5.97. The van der Waals surface area contributed by atoms with Crippen molar-refractivity contribution in [3.05, 3.63) is 23.9 Å². The highest BCUT2D eigenvalue weighted by Crippen LogP contribution is 2.51. The number of hydrogen-bond donors (Lipinski definition) is 1. The number of aryl methyl sites for hydroxylation is 1. The van der Waals surface area contributed by atoms with Gasteiger partial charge in [-0.25, -0.2) is 0 Å². The van der Waals surface area contributed by atoms with E-state index in [2.05, 4.69) is 29.9 Å². The average molecular weight is 258 g/mol. The van der Waals surface area contributed by atoms with Crippen molar-refractivity contribution in [3.63, 3.8) is 0 Å². The van der Waals surface area contributed by atoms with Crippen LogP contribution in [0.15, 0.2) is 18.3 Å². The number of benzene rings is 1. The van der Waals surface area contributed by atoms with E-state index in [0.29, 0.717) is 13.2 Å². The average Bonchev–Trinajstić information content (AvgIpc) is 3.18. The Morgan fingerprint density at radius 2 is 1.89 bits per heavy atom. The Kier molecular flexibility index (Phi) is 2.16. The summed E-state index contributed by atoms with van der Waals surface area (Å²) in [6, 6.07) is 4.20. The molecule has 4 heteroatoms. The molecule has 0 saturated heterocycles. The first-order valence-electron chi connectivity index (χ1n) is 6.83. The van der Waals surface area contributed by atoms with Crippen LogP contribution < -0.4 is 15.2 Å². The fourth-order valence-corrected chi connectivity index (χ4v) is 3.08. The first kappa shape index (κ1) is 11.2. The van der Waals surface area contributed by atoms with Crippen LogP contribution in [0, 0.1) is 0 Å². The molecule has 1 aliphatic heterocycles. The van der Waals surface area contributed by atoms with Crippen molar-refractivity contribution in [2.24, 2.45) is 12.8 Å². The summed E-state index contributed by atoms with van der Waals surface area (Å²) in [7, 11) is 2.08. The van der Waals surface area contributed by atoms with E-state index in [1.54, 1.807) is 0 Å². The van der Waals surface area contributed by atoms with E-state index in [9.17, 15) is 0 Å². The molecule has 0 bridgehead atoms. The maximum Gasteiger partial charge on any atom is 0.163 e. The Morgan fingerprint density at radius 3 is 2.53 bits per heavy atom. The molecule has 1 aliphatic carbocycles. The zero-order valence-electron chi connectivity index (χ0n) is 11.1. The Balaban J connectivity index is 1.96. The number of aromatic nitrogens is 1. The Hall–Kier alpha value is -1.68. The van der Waals surface area contributed by atoms with Gasteiger partial charge >= 0.3 is 0 Å². The van der Waals surface area contributed by atoms with E-state index in [1.165, 1.54) is 29.3 Å². The first-order chi connectivity index (χ1) is 9.23. The molecule has 1 fully saturated rings. The van der Waals surface area contributed by atoms with Crippen LogP contribution in [-0.4, -0.2) is 24.3 Å². The van der Waals surface area contributed by atoms with Crippen molar-refractivity contribution in [2.45, 2.75) is 18.3 Å². The minimum Gasteiger partial charge on any atom is -0.486 e. The monoisotopic (exact) mass is 258 g/mol. The lowest BCUT2D eigenvalue weighted by Crippen LogP contribution is -2.19. The molecule has 4 rings (SSSR count). The van der Waals surface area contributed by atoms with Gasteiger partial charge in [0.2, 0.25) is 0 Å². The van der Waals surface area contributed by atoms with Crippen LogP contribution in [0.5, 0.6) is 11.5 Å². The largest absolute Gasteiger partial charge is 0.486 e. The highest BCUT2D eigenvalue weighted by Gasteiger charge is 2.44. The van der Waals surface area contributed by atoms with Gasteiger partial charge in [0.25, 0.3) is 0 Å². The molecule has 19 heavy (non-hydrogen) atoms. The molecule has 2 aromatic rings. The third-order valence-corrected chi connectivity index (χ3v) is 4.47. The molecular formula is C15H18N2O2. The minimum absolute atomic E-state index is 0.198. The van der Waals surface area contributed by atoms with Crippen molar-refractivity contribution in [2.75, 3.05) is 19.8 Å². The molecule has 0 radical (unpaired) electrons. The first-order valence-corrected chi connectivity index (χ1v) is 6.83. The van der Waals surface area contributed by atoms with E-state index in [4.69, 9.17) is 15.2 Å². The lowest BCUT2D eigenvalue weighted by Gasteiger charge is -2.19. The molecule has 0 amide bonds. The van der Waals surface area contributed by atoms with Crippen molar-refractivity contribution in [3.8, 4) is 11.5 Å². The van der Waals surface area contributed by atoms with Crippen molar-refractivity contribution >= 4 is 10.9 Å². The van der Waals surface area contributed by atoms with Crippen LogP contribution in [0.2, 0.25) is 0 Å². The predicted molar refractivity (Wildman–Crippen MR) is 73.9 cm³/mol. The Bertz CT molecular complexity index is 656. The van der Waals surface area contributed by atoms with Gasteiger partial charge in [0.05, 0.1) is 5.52 Å². The summed E-state index contributed by atoms with van der Waals surface area (Å²) in [6.07, 6.45) is 4.60. The lowest BCUT2D eigenvalue weighted by atomic mass is 9.95. The fraction of sp³-hybridized carbons (Fsp3) is 0.467. The SMILES string of the molecule is Cn1cc(C2(CN)CC2)c2cc3c(cc21)OCCO3. The standard InChI is InChI=1S/C15H18N2O2/c1-17-8-11(15(9-16)2-3-15)10-6-13-14(7-12(10)17)19-5-4-18-13/h6-8H,2-5,9,16H2,1H3. The van der Waals surface area contributed by atoms with Gasteiger partial charge in [-0.15, -0.1) is 0 Å². The van der Waals surface area contributed by atoms with Crippen LogP contribution in [0.25, 0.3) is 10.9 Å². The van der Waals surface area contributed by atoms with Gasteiger partial charge < -0.3 is 19.8 Å². The molecule has 2 heterocycles. The summed E-state index contributed by atoms with van der Waals surface area (Å²) < 4.78 is 13.5. The summed E-state index contributed by atoms with van der Waals surface area (Å²) in [6.45, 7) is 1.98.